The standard InChI is InChI=1S/C11H13BrN2O4/c12-9-4-3-8(10(6-9)14(17)18)7-13-5-1-2-11(15)16/h3-4,6,13H,1-2,5,7H2,(H,15,16). The number of nitrogens with one attached hydrogen (secondary N) is 1. The van der Waals surface area contributed by atoms with Crippen LogP contribution >= 0.6 is 15.9 Å². The Labute approximate surface area is 112 Å². The minimum atomic E-state index is -0.841. The Morgan fingerprint density at radius 1 is 1.50 bits per heavy atom. The van der Waals surface area contributed by atoms with Gasteiger partial charge in [-0.1, -0.05) is 15.9 Å². The molecule has 1 rings (SSSR count). The largest absolute Gasteiger partial charge is 0.481 e. The summed E-state index contributed by atoms with van der Waals surface area (Å²) in [6.45, 7) is 0.864. The second-order valence-corrected chi connectivity index (χ2v) is 4.62. The van der Waals surface area contributed by atoms with Crippen LogP contribution in [-0.2, 0) is 11.3 Å². The fourth-order valence-electron chi connectivity index (χ4n) is 1.44. The average Bonchev–Trinajstić information content (AvgIpc) is 2.29. The minimum absolute atomic E-state index is 0.0510. The Morgan fingerprint density at radius 2 is 2.22 bits per heavy atom. The Bertz CT molecular complexity index is 451. The highest BCUT2D eigenvalue weighted by molar-refractivity contribution is 9.10. The highest BCUT2D eigenvalue weighted by atomic mass is 79.9. The van der Waals surface area contributed by atoms with Gasteiger partial charge in [-0.25, -0.2) is 0 Å². The second-order valence-electron chi connectivity index (χ2n) is 3.70. The Morgan fingerprint density at radius 3 is 2.83 bits per heavy atom. The summed E-state index contributed by atoms with van der Waals surface area (Å²) in [5.74, 6) is -0.841. The van der Waals surface area contributed by atoms with Crippen molar-refractivity contribution in [2.24, 2.45) is 0 Å². The van der Waals surface area contributed by atoms with Crippen molar-refractivity contribution in [2.75, 3.05) is 6.54 Å². The molecule has 0 fully saturated rings. The molecule has 1 aromatic rings. The van der Waals surface area contributed by atoms with Crippen LogP contribution in [0, 0.1) is 10.1 Å². The molecule has 2 N–H and O–H groups in total. The van der Waals surface area contributed by atoms with Crippen LogP contribution in [0.25, 0.3) is 0 Å². The van der Waals surface area contributed by atoms with E-state index in [-0.39, 0.29) is 12.1 Å². The summed E-state index contributed by atoms with van der Waals surface area (Å²) < 4.78 is 0.656. The van der Waals surface area contributed by atoms with Gasteiger partial charge in [0.05, 0.1) is 4.92 Å². The highest BCUT2D eigenvalue weighted by Crippen LogP contribution is 2.23. The topological polar surface area (TPSA) is 92.5 Å². The molecule has 0 saturated heterocycles. The van der Waals surface area contributed by atoms with Crippen molar-refractivity contribution in [1.82, 2.24) is 5.32 Å². The van der Waals surface area contributed by atoms with E-state index in [9.17, 15) is 14.9 Å². The first-order valence-electron chi connectivity index (χ1n) is 5.36. The van der Waals surface area contributed by atoms with Crippen molar-refractivity contribution in [3.8, 4) is 0 Å². The lowest BCUT2D eigenvalue weighted by Crippen LogP contribution is -2.16. The fourth-order valence-corrected chi connectivity index (χ4v) is 1.79. The third-order valence-electron chi connectivity index (χ3n) is 2.30. The number of hydrogen-bond donors (Lipinski definition) is 2. The van der Waals surface area contributed by atoms with Gasteiger partial charge >= 0.3 is 5.97 Å². The predicted molar refractivity (Wildman–Crippen MR) is 69.4 cm³/mol. The number of benzene rings is 1. The van der Waals surface area contributed by atoms with E-state index in [2.05, 4.69) is 21.2 Å². The lowest BCUT2D eigenvalue weighted by Gasteiger charge is -2.05. The third-order valence-corrected chi connectivity index (χ3v) is 2.80. The summed E-state index contributed by atoms with van der Waals surface area (Å²) in [7, 11) is 0. The second kappa shape index (κ2) is 7.07. The van der Waals surface area contributed by atoms with Crippen LogP contribution in [0.15, 0.2) is 22.7 Å². The molecule has 0 radical (unpaired) electrons. The maximum absolute atomic E-state index is 10.8. The summed E-state index contributed by atoms with van der Waals surface area (Å²) in [5.41, 5.74) is 0.633. The van der Waals surface area contributed by atoms with Crippen molar-refractivity contribution in [3.05, 3.63) is 38.3 Å². The molecule has 0 unspecified atom stereocenters. The molecule has 6 nitrogen and oxygen atoms in total. The highest BCUT2D eigenvalue weighted by Gasteiger charge is 2.13. The van der Waals surface area contributed by atoms with Crippen LogP contribution < -0.4 is 5.32 Å². The van der Waals surface area contributed by atoms with E-state index in [0.29, 0.717) is 29.5 Å². The molecular weight excluding hydrogens is 304 g/mol. The third kappa shape index (κ3) is 4.80. The van der Waals surface area contributed by atoms with E-state index in [1.807, 2.05) is 0 Å². The van der Waals surface area contributed by atoms with Crippen molar-refractivity contribution >= 4 is 27.6 Å². The van der Waals surface area contributed by atoms with E-state index in [0.717, 1.165) is 0 Å². The smallest absolute Gasteiger partial charge is 0.303 e. The molecule has 0 bridgehead atoms. The quantitative estimate of drug-likeness (QED) is 0.457. The van der Waals surface area contributed by atoms with Crippen LogP contribution in [0.2, 0.25) is 0 Å². The maximum atomic E-state index is 10.8. The van der Waals surface area contributed by atoms with E-state index in [1.165, 1.54) is 6.07 Å². The van der Waals surface area contributed by atoms with Crippen LogP contribution in [0.5, 0.6) is 0 Å². The molecule has 18 heavy (non-hydrogen) atoms. The van der Waals surface area contributed by atoms with Gasteiger partial charge in [0.2, 0.25) is 0 Å². The summed E-state index contributed by atoms with van der Waals surface area (Å²) in [6.07, 6.45) is 0.592. The number of nitro benzene ring substituents is 1. The number of carbonyl (C=O) groups is 1. The molecule has 0 amide bonds. The lowest BCUT2D eigenvalue weighted by molar-refractivity contribution is -0.385. The summed E-state index contributed by atoms with van der Waals surface area (Å²) in [6, 6.07) is 4.86. The number of nitrogens with zero attached hydrogens (tertiary/aromatic N) is 1. The Hall–Kier alpha value is -1.47. The minimum Gasteiger partial charge on any atom is -0.481 e. The molecule has 0 aliphatic rings. The van der Waals surface area contributed by atoms with Crippen molar-refractivity contribution in [2.45, 2.75) is 19.4 Å². The molecule has 0 heterocycles. The Kier molecular flexibility index (Phi) is 5.73. The first kappa shape index (κ1) is 14.6. The van der Waals surface area contributed by atoms with Gasteiger partial charge in [-0.05, 0) is 25.1 Å². The number of rotatable bonds is 7. The van der Waals surface area contributed by atoms with Crippen LogP contribution in [0.3, 0.4) is 0 Å². The molecule has 1 aromatic carbocycles. The monoisotopic (exact) mass is 316 g/mol. The van der Waals surface area contributed by atoms with Gasteiger partial charge in [0.1, 0.15) is 0 Å². The first-order chi connectivity index (χ1) is 8.50. The number of halogens is 1. The number of nitro groups is 1. The first-order valence-corrected chi connectivity index (χ1v) is 6.15. The molecular formula is C11H13BrN2O4. The molecule has 0 aliphatic carbocycles. The summed E-state index contributed by atoms with van der Waals surface area (Å²) >= 11 is 3.18. The van der Waals surface area contributed by atoms with Crippen LogP contribution in [-0.4, -0.2) is 22.5 Å². The van der Waals surface area contributed by atoms with Gasteiger partial charge in [0, 0.05) is 29.1 Å². The van der Waals surface area contributed by atoms with Gasteiger partial charge in [-0.15, -0.1) is 0 Å². The number of carboxylic acid groups (broad SMARTS) is 1. The fraction of sp³-hybridized carbons (Fsp3) is 0.364. The zero-order chi connectivity index (χ0) is 13.5. The summed E-state index contributed by atoms with van der Waals surface area (Å²) in [5, 5.41) is 22.3. The summed E-state index contributed by atoms with van der Waals surface area (Å²) in [4.78, 5) is 20.7. The van der Waals surface area contributed by atoms with Crippen molar-refractivity contribution < 1.29 is 14.8 Å². The van der Waals surface area contributed by atoms with E-state index in [4.69, 9.17) is 5.11 Å². The Balaban J connectivity index is 2.51. The van der Waals surface area contributed by atoms with Gasteiger partial charge in [-0.3, -0.25) is 14.9 Å². The lowest BCUT2D eigenvalue weighted by atomic mass is 10.2. The average molecular weight is 317 g/mol. The van der Waals surface area contributed by atoms with Gasteiger partial charge < -0.3 is 10.4 Å². The van der Waals surface area contributed by atoms with Crippen LogP contribution in [0.1, 0.15) is 18.4 Å². The van der Waals surface area contributed by atoms with E-state index < -0.39 is 10.9 Å². The van der Waals surface area contributed by atoms with E-state index in [1.54, 1.807) is 12.1 Å². The van der Waals surface area contributed by atoms with Gasteiger partial charge in [0.15, 0.2) is 0 Å². The number of carboxylic acids is 1. The van der Waals surface area contributed by atoms with Crippen LogP contribution in [0.4, 0.5) is 5.69 Å². The normalized spacial score (nSPS) is 10.3. The molecule has 7 heteroatoms. The molecule has 0 atom stereocenters. The molecule has 0 aliphatic heterocycles. The number of aliphatic carboxylic acids is 1. The van der Waals surface area contributed by atoms with Gasteiger partial charge in [0.25, 0.3) is 5.69 Å². The molecule has 0 spiro atoms. The predicted octanol–water partition coefficient (Wildman–Crippen LogP) is 2.31. The van der Waals surface area contributed by atoms with E-state index >= 15 is 0 Å². The SMILES string of the molecule is O=C(O)CCCNCc1ccc(Br)cc1[N+](=O)[O-]. The van der Waals surface area contributed by atoms with Crippen molar-refractivity contribution in [3.63, 3.8) is 0 Å². The zero-order valence-corrected chi connectivity index (χ0v) is 11.1. The molecule has 0 aromatic heterocycles. The zero-order valence-electron chi connectivity index (χ0n) is 9.56. The molecule has 0 saturated carbocycles. The molecule has 98 valence electrons. The van der Waals surface area contributed by atoms with Crippen molar-refractivity contribution in [1.29, 1.82) is 0 Å². The maximum Gasteiger partial charge on any atom is 0.303 e. The number of hydrogen-bond acceptors (Lipinski definition) is 4. The van der Waals surface area contributed by atoms with Gasteiger partial charge in [-0.2, -0.15) is 0 Å².